The van der Waals surface area contributed by atoms with Crippen molar-refractivity contribution in [3.8, 4) is 0 Å². The molecule has 1 aromatic carbocycles. The lowest BCUT2D eigenvalue weighted by Crippen LogP contribution is -2.24. The summed E-state index contributed by atoms with van der Waals surface area (Å²) in [5, 5.41) is 0. The Bertz CT molecular complexity index is 471. The van der Waals surface area contributed by atoms with E-state index in [0.717, 1.165) is 17.7 Å². The van der Waals surface area contributed by atoms with Crippen LogP contribution in [0.25, 0.3) is 0 Å². The first-order chi connectivity index (χ1) is 8.38. The van der Waals surface area contributed by atoms with E-state index in [-0.39, 0.29) is 13.2 Å². The molecule has 1 amide bonds. The Kier molecular flexibility index (Phi) is 3.19. The van der Waals surface area contributed by atoms with Crippen molar-refractivity contribution in [2.75, 3.05) is 13.2 Å². The van der Waals surface area contributed by atoms with Crippen molar-refractivity contribution in [2.24, 2.45) is 0 Å². The predicted molar refractivity (Wildman–Crippen MR) is 57.9 cm³/mol. The van der Waals surface area contributed by atoms with E-state index in [1.165, 1.54) is 11.0 Å². The number of benzene rings is 1. The number of hydrogen-bond acceptors (Lipinski definition) is 2. The van der Waals surface area contributed by atoms with Crippen LogP contribution >= 0.6 is 0 Å². The van der Waals surface area contributed by atoms with Crippen LogP contribution in [-0.2, 0) is 17.5 Å². The number of carbonyl (C=O) groups is 1. The fraction of sp³-hybridized carbons (Fsp3) is 0.417. The zero-order valence-electron chi connectivity index (χ0n) is 9.75. The number of aryl methyl sites for hydroxylation is 1. The normalized spacial score (nSPS) is 16.0. The molecule has 0 saturated carbocycles. The summed E-state index contributed by atoms with van der Waals surface area (Å²) < 4.78 is 42.5. The van der Waals surface area contributed by atoms with Gasteiger partial charge in [0.2, 0.25) is 0 Å². The van der Waals surface area contributed by atoms with Crippen molar-refractivity contribution in [2.45, 2.75) is 19.6 Å². The number of halogens is 3. The standard InChI is InChI=1S/C12H12F3NO2/c1-8-2-3-10(12(13,14)15)6-9(8)7-16-4-5-18-11(16)17/h2-3,6H,4-5,7H2,1H3. The molecule has 1 aromatic rings. The van der Waals surface area contributed by atoms with E-state index in [2.05, 4.69) is 0 Å². The van der Waals surface area contributed by atoms with Gasteiger partial charge in [-0.25, -0.2) is 4.79 Å². The van der Waals surface area contributed by atoms with Crippen LogP contribution in [0.2, 0.25) is 0 Å². The molecule has 1 aliphatic rings. The summed E-state index contributed by atoms with van der Waals surface area (Å²) in [6, 6.07) is 3.54. The summed E-state index contributed by atoms with van der Waals surface area (Å²) in [7, 11) is 0. The number of alkyl halides is 3. The molecule has 1 saturated heterocycles. The zero-order chi connectivity index (χ0) is 13.3. The SMILES string of the molecule is Cc1ccc(C(F)(F)F)cc1CN1CCOC1=O. The molecule has 0 aliphatic carbocycles. The number of hydrogen-bond donors (Lipinski definition) is 0. The molecule has 0 unspecified atom stereocenters. The molecule has 0 bridgehead atoms. The van der Waals surface area contributed by atoms with Crippen LogP contribution in [0, 0.1) is 6.92 Å². The molecule has 98 valence electrons. The average molecular weight is 259 g/mol. The van der Waals surface area contributed by atoms with Gasteiger partial charge in [-0.3, -0.25) is 0 Å². The summed E-state index contributed by atoms with van der Waals surface area (Å²) in [6.45, 7) is 2.57. The second-order valence-corrected chi connectivity index (χ2v) is 4.17. The Morgan fingerprint density at radius 1 is 1.39 bits per heavy atom. The highest BCUT2D eigenvalue weighted by Crippen LogP contribution is 2.31. The number of cyclic esters (lactones) is 1. The molecule has 0 spiro atoms. The van der Waals surface area contributed by atoms with E-state index in [0.29, 0.717) is 12.1 Å². The highest BCUT2D eigenvalue weighted by Gasteiger charge is 2.31. The van der Waals surface area contributed by atoms with Gasteiger partial charge >= 0.3 is 12.3 Å². The zero-order valence-corrected chi connectivity index (χ0v) is 9.75. The molecule has 6 heteroatoms. The van der Waals surface area contributed by atoms with E-state index in [9.17, 15) is 18.0 Å². The lowest BCUT2D eigenvalue weighted by atomic mass is 10.0. The first kappa shape index (κ1) is 12.7. The molecule has 1 fully saturated rings. The Morgan fingerprint density at radius 2 is 2.11 bits per heavy atom. The quantitative estimate of drug-likeness (QED) is 0.817. The third kappa shape index (κ3) is 2.57. The minimum atomic E-state index is -4.37. The largest absolute Gasteiger partial charge is 0.448 e. The number of rotatable bonds is 2. The van der Waals surface area contributed by atoms with Crippen LogP contribution < -0.4 is 0 Å². The van der Waals surface area contributed by atoms with Gasteiger partial charge in [0.15, 0.2) is 0 Å². The highest BCUT2D eigenvalue weighted by molar-refractivity contribution is 5.69. The van der Waals surface area contributed by atoms with Crippen LogP contribution in [0.4, 0.5) is 18.0 Å². The van der Waals surface area contributed by atoms with Crippen molar-refractivity contribution < 1.29 is 22.7 Å². The fourth-order valence-electron chi connectivity index (χ4n) is 1.79. The lowest BCUT2D eigenvalue weighted by Gasteiger charge is -2.16. The third-order valence-corrected chi connectivity index (χ3v) is 2.88. The van der Waals surface area contributed by atoms with E-state index < -0.39 is 17.8 Å². The Morgan fingerprint density at radius 3 is 2.67 bits per heavy atom. The molecule has 2 rings (SSSR count). The molecule has 18 heavy (non-hydrogen) atoms. The molecule has 3 nitrogen and oxygen atoms in total. The van der Waals surface area contributed by atoms with Gasteiger partial charge in [0.1, 0.15) is 6.61 Å². The summed E-state index contributed by atoms with van der Waals surface area (Å²) in [6.07, 6.45) is -4.85. The van der Waals surface area contributed by atoms with Crippen molar-refractivity contribution in [1.29, 1.82) is 0 Å². The van der Waals surface area contributed by atoms with Crippen LogP contribution in [0.5, 0.6) is 0 Å². The van der Waals surface area contributed by atoms with Gasteiger partial charge in [0.05, 0.1) is 12.1 Å². The Balaban J connectivity index is 2.24. The molecule has 0 atom stereocenters. The second kappa shape index (κ2) is 4.51. The van der Waals surface area contributed by atoms with Crippen molar-refractivity contribution in [3.63, 3.8) is 0 Å². The summed E-state index contributed by atoms with van der Waals surface area (Å²) in [4.78, 5) is 12.6. The van der Waals surface area contributed by atoms with Gasteiger partial charge in [0.25, 0.3) is 0 Å². The predicted octanol–water partition coefficient (Wildman–Crippen LogP) is 2.97. The van der Waals surface area contributed by atoms with Crippen molar-refractivity contribution >= 4 is 6.09 Å². The highest BCUT2D eigenvalue weighted by atomic mass is 19.4. The molecule has 0 radical (unpaired) electrons. The molecule has 1 aliphatic heterocycles. The molecule has 1 heterocycles. The van der Waals surface area contributed by atoms with Gasteiger partial charge in [-0.1, -0.05) is 6.07 Å². The van der Waals surface area contributed by atoms with Gasteiger partial charge in [0, 0.05) is 6.54 Å². The van der Waals surface area contributed by atoms with E-state index in [4.69, 9.17) is 4.74 Å². The Labute approximate surface area is 102 Å². The van der Waals surface area contributed by atoms with Gasteiger partial charge in [-0.05, 0) is 30.2 Å². The fourth-order valence-corrected chi connectivity index (χ4v) is 1.79. The summed E-state index contributed by atoms with van der Waals surface area (Å²) >= 11 is 0. The minimum Gasteiger partial charge on any atom is -0.448 e. The van der Waals surface area contributed by atoms with E-state index >= 15 is 0 Å². The van der Waals surface area contributed by atoms with Crippen LogP contribution in [0.3, 0.4) is 0 Å². The van der Waals surface area contributed by atoms with Gasteiger partial charge in [-0.15, -0.1) is 0 Å². The number of carbonyl (C=O) groups excluding carboxylic acids is 1. The lowest BCUT2D eigenvalue weighted by molar-refractivity contribution is -0.137. The maximum Gasteiger partial charge on any atom is 0.416 e. The van der Waals surface area contributed by atoms with Crippen LogP contribution in [-0.4, -0.2) is 24.1 Å². The topological polar surface area (TPSA) is 29.5 Å². The molecule has 0 aromatic heterocycles. The number of ether oxygens (including phenoxy) is 1. The molecular weight excluding hydrogens is 247 g/mol. The smallest absolute Gasteiger partial charge is 0.416 e. The van der Waals surface area contributed by atoms with Gasteiger partial charge < -0.3 is 9.64 Å². The number of amides is 1. The monoisotopic (exact) mass is 259 g/mol. The first-order valence-corrected chi connectivity index (χ1v) is 5.46. The third-order valence-electron chi connectivity index (χ3n) is 2.88. The summed E-state index contributed by atoms with van der Waals surface area (Å²) in [5.74, 6) is 0. The van der Waals surface area contributed by atoms with E-state index in [1.54, 1.807) is 6.92 Å². The van der Waals surface area contributed by atoms with Crippen LogP contribution in [0.15, 0.2) is 18.2 Å². The summed E-state index contributed by atoms with van der Waals surface area (Å²) in [5.41, 5.74) is 0.516. The first-order valence-electron chi connectivity index (χ1n) is 5.46. The molecular formula is C12H12F3NO2. The van der Waals surface area contributed by atoms with Crippen molar-refractivity contribution in [3.05, 3.63) is 34.9 Å². The maximum absolute atomic E-state index is 12.6. The number of nitrogens with zero attached hydrogens (tertiary/aromatic N) is 1. The average Bonchev–Trinajstić information content (AvgIpc) is 2.66. The van der Waals surface area contributed by atoms with Crippen LogP contribution in [0.1, 0.15) is 16.7 Å². The Hall–Kier alpha value is -1.72. The maximum atomic E-state index is 12.6. The van der Waals surface area contributed by atoms with E-state index in [1.807, 2.05) is 0 Å². The minimum absolute atomic E-state index is 0.147. The van der Waals surface area contributed by atoms with Gasteiger partial charge in [-0.2, -0.15) is 13.2 Å². The molecule has 0 N–H and O–H groups in total. The second-order valence-electron chi connectivity index (χ2n) is 4.17. The van der Waals surface area contributed by atoms with Crippen molar-refractivity contribution in [1.82, 2.24) is 4.90 Å².